The van der Waals surface area contributed by atoms with E-state index in [-0.39, 0.29) is 5.41 Å². The van der Waals surface area contributed by atoms with Gasteiger partial charge in [-0.1, -0.05) is 34.6 Å². The summed E-state index contributed by atoms with van der Waals surface area (Å²) in [5, 5.41) is 3.29. The molecule has 0 saturated carbocycles. The zero-order valence-corrected chi connectivity index (χ0v) is 11.6. The van der Waals surface area contributed by atoms with Crippen LogP contribution >= 0.6 is 0 Å². The standard InChI is InChI=1S/C11H18N4.C2H6/c1-11(2,3)10-13-5-4-9(14-10)15-7-6-12-8-15;1-2/h4-5,12H,6-8H2,1-3H3;1-2H3. The first-order valence-corrected chi connectivity index (χ1v) is 6.36. The third-order valence-electron chi connectivity index (χ3n) is 2.50. The number of hydrogen-bond acceptors (Lipinski definition) is 4. The van der Waals surface area contributed by atoms with Crippen LogP contribution in [0.5, 0.6) is 0 Å². The minimum Gasteiger partial charge on any atom is -0.342 e. The van der Waals surface area contributed by atoms with E-state index in [0.29, 0.717) is 0 Å². The van der Waals surface area contributed by atoms with E-state index < -0.39 is 0 Å². The molecule has 1 fully saturated rings. The number of nitrogens with zero attached hydrogens (tertiary/aromatic N) is 3. The average molecular weight is 236 g/mol. The van der Waals surface area contributed by atoms with Gasteiger partial charge in [0.25, 0.3) is 0 Å². The lowest BCUT2D eigenvalue weighted by atomic mass is 9.96. The van der Waals surface area contributed by atoms with Crippen LogP contribution in [0, 0.1) is 0 Å². The highest BCUT2D eigenvalue weighted by atomic mass is 15.3. The molecule has 2 rings (SSSR count). The van der Waals surface area contributed by atoms with Crippen LogP contribution < -0.4 is 10.2 Å². The van der Waals surface area contributed by atoms with Gasteiger partial charge in [-0.2, -0.15) is 0 Å². The molecule has 4 heteroatoms. The highest BCUT2D eigenvalue weighted by Gasteiger charge is 2.19. The van der Waals surface area contributed by atoms with Gasteiger partial charge in [0.15, 0.2) is 0 Å². The molecule has 4 nitrogen and oxygen atoms in total. The van der Waals surface area contributed by atoms with Crippen molar-refractivity contribution < 1.29 is 0 Å². The van der Waals surface area contributed by atoms with E-state index in [9.17, 15) is 0 Å². The summed E-state index contributed by atoms with van der Waals surface area (Å²) < 4.78 is 0. The summed E-state index contributed by atoms with van der Waals surface area (Å²) in [5.41, 5.74) is 0.0170. The Bertz CT molecular complexity index is 338. The van der Waals surface area contributed by atoms with Gasteiger partial charge in [-0.05, 0) is 6.07 Å². The SMILES string of the molecule is CC.CC(C)(C)c1nccc(N2CCNC2)n1. The monoisotopic (exact) mass is 236 g/mol. The van der Waals surface area contributed by atoms with Crippen LogP contribution in [0.25, 0.3) is 0 Å². The van der Waals surface area contributed by atoms with Crippen molar-refractivity contribution in [2.45, 2.75) is 40.0 Å². The minimum absolute atomic E-state index is 0.0170. The van der Waals surface area contributed by atoms with Crippen molar-refractivity contribution in [3.8, 4) is 0 Å². The third kappa shape index (κ3) is 3.66. The predicted octanol–water partition coefficient (Wildman–Crippen LogP) is 2.17. The number of aromatic nitrogens is 2. The van der Waals surface area contributed by atoms with Crippen molar-refractivity contribution in [2.24, 2.45) is 0 Å². The topological polar surface area (TPSA) is 41.1 Å². The molecule has 1 aliphatic heterocycles. The largest absolute Gasteiger partial charge is 0.342 e. The van der Waals surface area contributed by atoms with Crippen LogP contribution in [0.4, 0.5) is 5.82 Å². The Balaban J connectivity index is 0.000000686. The van der Waals surface area contributed by atoms with Crippen molar-refractivity contribution in [3.05, 3.63) is 18.1 Å². The molecule has 0 radical (unpaired) electrons. The van der Waals surface area contributed by atoms with E-state index in [2.05, 4.69) is 41.0 Å². The van der Waals surface area contributed by atoms with Gasteiger partial charge in [0.05, 0.1) is 6.67 Å². The molecule has 0 amide bonds. The number of rotatable bonds is 1. The summed E-state index contributed by atoms with van der Waals surface area (Å²) in [6.45, 7) is 13.4. The van der Waals surface area contributed by atoms with Gasteiger partial charge in [0.2, 0.25) is 0 Å². The summed E-state index contributed by atoms with van der Waals surface area (Å²) in [4.78, 5) is 11.2. The lowest BCUT2D eigenvalue weighted by Crippen LogP contribution is -2.24. The van der Waals surface area contributed by atoms with E-state index >= 15 is 0 Å². The molecule has 0 aromatic carbocycles. The van der Waals surface area contributed by atoms with Crippen molar-refractivity contribution in [1.82, 2.24) is 15.3 Å². The average Bonchev–Trinajstić information content (AvgIpc) is 2.84. The Kier molecular flexibility index (Phi) is 4.87. The first kappa shape index (κ1) is 13.9. The van der Waals surface area contributed by atoms with E-state index in [4.69, 9.17) is 0 Å². The molecule has 1 N–H and O–H groups in total. The van der Waals surface area contributed by atoms with Gasteiger partial charge < -0.3 is 4.90 Å². The van der Waals surface area contributed by atoms with Crippen LogP contribution in [0.1, 0.15) is 40.4 Å². The summed E-state index contributed by atoms with van der Waals surface area (Å²) in [7, 11) is 0. The molecular weight excluding hydrogens is 212 g/mol. The maximum atomic E-state index is 4.60. The maximum Gasteiger partial charge on any atom is 0.135 e. The minimum atomic E-state index is 0.0170. The lowest BCUT2D eigenvalue weighted by molar-refractivity contribution is 0.544. The fraction of sp³-hybridized carbons (Fsp3) is 0.692. The predicted molar refractivity (Wildman–Crippen MR) is 72.3 cm³/mol. The van der Waals surface area contributed by atoms with Crippen molar-refractivity contribution in [1.29, 1.82) is 0 Å². The van der Waals surface area contributed by atoms with Crippen LogP contribution in [0.2, 0.25) is 0 Å². The molecule has 17 heavy (non-hydrogen) atoms. The number of nitrogens with one attached hydrogen (secondary N) is 1. The zero-order valence-electron chi connectivity index (χ0n) is 11.6. The quantitative estimate of drug-likeness (QED) is 0.811. The van der Waals surface area contributed by atoms with Gasteiger partial charge >= 0.3 is 0 Å². The Labute approximate surface area is 104 Å². The zero-order chi connectivity index (χ0) is 12.9. The molecule has 0 aliphatic carbocycles. The maximum absolute atomic E-state index is 4.60. The van der Waals surface area contributed by atoms with Gasteiger partial charge in [-0.3, -0.25) is 5.32 Å². The lowest BCUT2D eigenvalue weighted by Gasteiger charge is -2.20. The van der Waals surface area contributed by atoms with Crippen molar-refractivity contribution in [3.63, 3.8) is 0 Å². The molecule has 0 spiro atoms. The van der Waals surface area contributed by atoms with Gasteiger partial charge in [0.1, 0.15) is 11.6 Å². The van der Waals surface area contributed by atoms with Crippen LogP contribution in [0.15, 0.2) is 12.3 Å². The Hall–Kier alpha value is -1.16. The second-order valence-electron chi connectivity index (χ2n) is 4.91. The molecule has 1 aromatic heterocycles. The van der Waals surface area contributed by atoms with Gasteiger partial charge in [-0.25, -0.2) is 9.97 Å². The Morgan fingerprint density at radius 3 is 2.53 bits per heavy atom. The second kappa shape index (κ2) is 5.96. The first-order valence-electron chi connectivity index (χ1n) is 6.36. The Morgan fingerprint density at radius 2 is 2.00 bits per heavy atom. The van der Waals surface area contributed by atoms with E-state index in [1.807, 2.05) is 26.1 Å². The summed E-state index contributed by atoms with van der Waals surface area (Å²) >= 11 is 0. The number of anilines is 1. The first-order chi connectivity index (χ1) is 8.07. The fourth-order valence-corrected chi connectivity index (χ4v) is 1.59. The van der Waals surface area contributed by atoms with Gasteiger partial charge in [0, 0.05) is 24.7 Å². The molecule has 1 aromatic rings. The summed E-state index contributed by atoms with van der Waals surface area (Å²) in [5.74, 6) is 1.94. The van der Waals surface area contributed by atoms with Crippen molar-refractivity contribution in [2.75, 3.05) is 24.7 Å². The highest BCUT2D eigenvalue weighted by Crippen LogP contribution is 2.20. The van der Waals surface area contributed by atoms with Gasteiger partial charge in [-0.15, -0.1) is 0 Å². The smallest absolute Gasteiger partial charge is 0.135 e. The molecule has 96 valence electrons. The van der Waals surface area contributed by atoms with Crippen molar-refractivity contribution >= 4 is 5.82 Å². The highest BCUT2D eigenvalue weighted by molar-refractivity contribution is 5.38. The van der Waals surface area contributed by atoms with Crippen LogP contribution in [0.3, 0.4) is 0 Å². The molecule has 0 bridgehead atoms. The second-order valence-corrected chi connectivity index (χ2v) is 4.91. The third-order valence-corrected chi connectivity index (χ3v) is 2.50. The van der Waals surface area contributed by atoms with E-state index in [0.717, 1.165) is 31.4 Å². The van der Waals surface area contributed by atoms with E-state index in [1.54, 1.807) is 0 Å². The summed E-state index contributed by atoms with van der Waals surface area (Å²) in [6, 6.07) is 1.97. The molecule has 0 unspecified atom stereocenters. The fourth-order valence-electron chi connectivity index (χ4n) is 1.59. The summed E-state index contributed by atoms with van der Waals surface area (Å²) in [6.07, 6.45) is 1.85. The molecule has 0 atom stereocenters. The Morgan fingerprint density at radius 1 is 1.29 bits per heavy atom. The molecule has 1 saturated heterocycles. The normalized spacial score (nSPS) is 15.5. The molecular formula is C13H24N4. The molecule has 2 heterocycles. The van der Waals surface area contributed by atoms with E-state index in [1.165, 1.54) is 0 Å². The number of hydrogen-bond donors (Lipinski definition) is 1. The molecule has 1 aliphatic rings. The van der Waals surface area contributed by atoms with Crippen LogP contribution in [-0.2, 0) is 5.41 Å². The van der Waals surface area contributed by atoms with Crippen LogP contribution in [-0.4, -0.2) is 29.7 Å².